The molecule has 0 radical (unpaired) electrons. The van der Waals surface area contributed by atoms with Crippen LogP contribution in [0.25, 0.3) is 0 Å². The van der Waals surface area contributed by atoms with E-state index >= 15 is 0 Å². The summed E-state index contributed by atoms with van der Waals surface area (Å²) < 4.78 is 12.6. The highest BCUT2D eigenvalue weighted by Crippen LogP contribution is 2.28. The standard InChI is InChI=1S/C23H24Cl2N4O4S/c1-3-4-11-32-22(31)15-5-8-17(9-6-15)26-21(30)14-34-23-28-27-20(29(23)2)13-33-19-10-7-16(24)12-18(19)25/h5-10,12H,3-4,11,13-14H2,1-2H3,(H,26,30). The zero-order valence-electron chi connectivity index (χ0n) is 18.7. The molecule has 0 fully saturated rings. The van der Waals surface area contributed by atoms with Gasteiger partial charge in [-0.1, -0.05) is 48.3 Å². The highest BCUT2D eigenvalue weighted by molar-refractivity contribution is 7.99. The summed E-state index contributed by atoms with van der Waals surface area (Å²) in [4.78, 5) is 24.3. The van der Waals surface area contributed by atoms with Crippen LogP contribution in [0.3, 0.4) is 0 Å². The van der Waals surface area contributed by atoms with E-state index in [1.165, 1.54) is 11.8 Å². The summed E-state index contributed by atoms with van der Waals surface area (Å²) in [5.74, 6) is 0.619. The number of carbonyl (C=O) groups is 2. The highest BCUT2D eigenvalue weighted by Gasteiger charge is 2.14. The number of amides is 1. The molecule has 0 unspecified atom stereocenters. The Bertz CT molecular complexity index is 1140. The summed E-state index contributed by atoms with van der Waals surface area (Å²) >= 11 is 13.3. The lowest BCUT2D eigenvalue weighted by Crippen LogP contribution is -2.15. The van der Waals surface area contributed by atoms with Gasteiger partial charge in [0.1, 0.15) is 12.4 Å². The van der Waals surface area contributed by atoms with Crippen LogP contribution in [0.4, 0.5) is 5.69 Å². The summed E-state index contributed by atoms with van der Waals surface area (Å²) in [6.45, 7) is 2.58. The van der Waals surface area contributed by atoms with Gasteiger partial charge in [-0.2, -0.15) is 0 Å². The number of hydrogen-bond acceptors (Lipinski definition) is 7. The van der Waals surface area contributed by atoms with Gasteiger partial charge in [0.05, 0.1) is 22.9 Å². The van der Waals surface area contributed by atoms with Crippen molar-refractivity contribution in [3.05, 3.63) is 63.9 Å². The number of aromatic nitrogens is 3. The van der Waals surface area contributed by atoms with Crippen LogP contribution in [0.5, 0.6) is 5.75 Å². The zero-order chi connectivity index (χ0) is 24.5. The van der Waals surface area contributed by atoms with Crippen LogP contribution in [-0.4, -0.2) is 39.0 Å². The fraction of sp³-hybridized carbons (Fsp3) is 0.304. The molecule has 0 atom stereocenters. The van der Waals surface area contributed by atoms with Crippen molar-refractivity contribution in [1.29, 1.82) is 0 Å². The molecular formula is C23H24Cl2N4O4S. The van der Waals surface area contributed by atoms with Gasteiger partial charge in [-0.3, -0.25) is 4.79 Å². The Morgan fingerprint density at radius 3 is 2.59 bits per heavy atom. The quantitative estimate of drug-likeness (QED) is 0.205. The van der Waals surface area contributed by atoms with Gasteiger partial charge >= 0.3 is 5.97 Å². The number of thioether (sulfide) groups is 1. The Kier molecular flexibility index (Phi) is 9.62. The first-order valence-corrected chi connectivity index (χ1v) is 12.3. The predicted octanol–water partition coefficient (Wildman–Crippen LogP) is 5.39. The van der Waals surface area contributed by atoms with E-state index in [1.807, 2.05) is 6.92 Å². The van der Waals surface area contributed by atoms with Crippen molar-refractivity contribution < 1.29 is 19.1 Å². The number of unbranched alkanes of at least 4 members (excludes halogenated alkanes) is 1. The first-order valence-electron chi connectivity index (χ1n) is 10.5. The summed E-state index contributed by atoms with van der Waals surface area (Å²) in [6.07, 6.45) is 1.78. The van der Waals surface area contributed by atoms with Crippen molar-refractivity contribution in [2.24, 2.45) is 7.05 Å². The maximum Gasteiger partial charge on any atom is 0.338 e. The van der Waals surface area contributed by atoms with Crippen molar-refractivity contribution in [2.45, 2.75) is 31.5 Å². The Hall–Kier alpha value is -2.75. The molecule has 1 amide bonds. The maximum absolute atomic E-state index is 12.3. The molecule has 2 aromatic carbocycles. The predicted molar refractivity (Wildman–Crippen MR) is 133 cm³/mol. The molecule has 0 aliphatic rings. The van der Waals surface area contributed by atoms with E-state index in [-0.39, 0.29) is 24.2 Å². The minimum atomic E-state index is -0.373. The maximum atomic E-state index is 12.3. The number of benzene rings is 2. The molecule has 1 heterocycles. The molecule has 0 saturated carbocycles. The first kappa shape index (κ1) is 25.9. The van der Waals surface area contributed by atoms with E-state index in [4.69, 9.17) is 32.7 Å². The van der Waals surface area contributed by atoms with E-state index in [9.17, 15) is 9.59 Å². The van der Waals surface area contributed by atoms with Gasteiger partial charge in [0.15, 0.2) is 11.0 Å². The SMILES string of the molecule is CCCCOC(=O)c1ccc(NC(=O)CSc2nnc(COc3ccc(Cl)cc3Cl)n2C)cc1. The van der Waals surface area contributed by atoms with Gasteiger partial charge in [-0.15, -0.1) is 10.2 Å². The second-order valence-corrected chi connectivity index (χ2v) is 9.01. The average molecular weight is 523 g/mol. The largest absolute Gasteiger partial charge is 0.484 e. The van der Waals surface area contributed by atoms with Crippen molar-refractivity contribution in [2.75, 3.05) is 17.7 Å². The van der Waals surface area contributed by atoms with Gasteiger partial charge in [-0.05, 0) is 48.9 Å². The fourth-order valence-corrected chi connectivity index (χ4v) is 3.93. The molecule has 34 heavy (non-hydrogen) atoms. The molecular weight excluding hydrogens is 499 g/mol. The first-order chi connectivity index (χ1) is 16.4. The number of carbonyl (C=O) groups excluding carboxylic acids is 2. The Morgan fingerprint density at radius 2 is 1.88 bits per heavy atom. The third kappa shape index (κ3) is 7.38. The molecule has 3 aromatic rings. The van der Waals surface area contributed by atoms with Crippen molar-refractivity contribution in [3.8, 4) is 5.75 Å². The second kappa shape index (κ2) is 12.6. The summed E-state index contributed by atoms with van der Waals surface area (Å²) in [6, 6.07) is 11.5. The molecule has 3 rings (SSSR count). The topological polar surface area (TPSA) is 95.3 Å². The third-order valence-electron chi connectivity index (χ3n) is 4.64. The molecule has 0 spiro atoms. The summed E-state index contributed by atoms with van der Waals surface area (Å²) in [7, 11) is 1.79. The van der Waals surface area contributed by atoms with Crippen LogP contribution in [0.1, 0.15) is 35.9 Å². The number of hydrogen-bond donors (Lipinski definition) is 1. The lowest BCUT2D eigenvalue weighted by Gasteiger charge is -2.09. The number of esters is 1. The van der Waals surface area contributed by atoms with Gasteiger partial charge in [-0.25, -0.2) is 4.79 Å². The molecule has 0 saturated heterocycles. The monoisotopic (exact) mass is 522 g/mol. The zero-order valence-corrected chi connectivity index (χ0v) is 21.0. The number of anilines is 1. The van der Waals surface area contributed by atoms with Crippen LogP contribution >= 0.6 is 35.0 Å². The molecule has 1 aromatic heterocycles. The molecule has 0 aliphatic heterocycles. The highest BCUT2D eigenvalue weighted by atomic mass is 35.5. The molecule has 0 bridgehead atoms. The van der Waals surface area contributed by atoms with E-state index < -0.39 is 0 Å². The molecule has 1 N–H and O–H groups in total. The van der Waals surface area contributed by atoms with E-state index in [1.54, 1.807) is 54.1 Å². The van der Waals surface area contributed by atoms with Crippen LogP contribution in [-0.2, 0) is 23.2 Å². The third-order valence-corrected chi connectivity index (χ3v) is 6.19. The lowest BCUT2D eigenvalue weighted by molar-refractivity contribution is -0.113. The summed E-state index contributed by atoms with van der Waals surface area (Å²) in [5, 5.41) is 12.5. The van der Waals surface area contributed by atoms with Crippen LogP contribution < -0.4 is 10.1 Å². The normalized spacial score (nSPS) is 10.7. The number of rotatable bonds is 11. The molecule has 180 valence electrons. The van der Waals surface area contributed by atoms with E-state index in [2.05, 4.69) is 15.5 Å². The minimum Gasteiger partial charge on any atom is -0.484 e. The van der Waals surface area contributed by atoms with E-state index in [0.29, 0.717) is 44.6 Å². The number of nitrogens with zero attached hydrogens (tertiary/aromatic N) is 3. The number of halogens is 2. The van der Waals surface area contributed by atoms with Crippen molar-refractivity contribution in [1.82, 2.24) is 14.8 Å². The molecule has 11 heteroatoms. The van der Waals surface area contributed by atoms with Crippen LogP contribution in [0.15, 0.2) is 47.6 Å². The summed E-state index contributed by atoms with van der Waals surface area (Å²) in [5.41, 5.74) is 1.03. The number of ether oxygens (including phenoxy) is 2. The van der Waals surface area contributed by atoms with Crippen molar-refractivity contribution in [3.63, 3.8) is 0 Å². The van der Waals surface area contributed by atoms with Gasteiger partial charge in [0.25, 0.3) is 0 Å². The second-order valence-electron chi connectivity index (χ2n) is 7.22. The Morgan fingerprint density at radius 1 is 1.12 bits per heavy atom. The molecule has 8 nitrogen and oxygen atoms in total. The van der Waals surface area contributed by atoms with Crippen molar-refractivity contribution >= 4 is 52.5 Å². The number of nitrogens with one attached hydrogen (secondary N) is 1. The van der Waals surface area contributed by atoms with E-state index in [0.717, 1.165) is 12.8 Å². The molecule has 0 aliphatic carbocycles. The Labute approximate surface area is 211 Å². The van der Waals surface area contributed by atoms with Gasteiger partial charge in [0.2, 0.25) is 5.91 Å². The minimum absolute atomic E-state index is 0.136. The fourth-order valence-electron chi connectivity index (χ4n) is 2.74. The van der Waals surface area contributed by atoms with Gasteiger partial charge < -0.3 is 19.4 Å². The van der Waals surface area contributed by atoms with Crippen LogP contribution in [0.2, 0.25) is 10.0 Å². The average Bonchev–Trinajstić information content (AvgIpc) is 3.17. The lowest BCUT2D eigenvalue weighted by atomic mass is 10.2. The van der Waals surface area contributed by atoms with Gasteiger partial charge in [0, 0.05) is 17.8 Å². The van der Waals surface area contributed by atoms with Crippen LogP contribution in [0, 0.1) is 0 Å². The smallest absolute Gasteiger partial charge is 0.338 e. The Balaban J connectivity index is 1.47.